The van der Waals surface area contributed by atoms with Gasteiger partial charge in [-0.05, 0) is 32.6 Å². The Kier molecular flexibility index (Phi) is 5.46. The van der Waals surface area contributed by atoms with Gasteiger partial charge in [-0.2, -0.15) is 0 Å². The van der Waals surface area contributed by atoms with Gasteiger partial charge in [0, 0.05) is 11.1 Å². The van der Waals surface area contributed by atoms with Gasteiger partial charge in [-0.3, -0.25) is 0 Å². The van der Waals surface area contributed by atoms with Crippen LogP contribution in [0.2, 0.25) is 0 Å². The number of aryl methyl sites for hydroxylation is 1. The van der Waals surface area contributed by atoms with Gasteiger partial charge in [0.25, 0.3) is 0 Å². The van der Waals surface area contributed by atoms with Crippen molar-refractivity contribution in [1.29, 1.82) is 0 Å². The van der Waals surface area contributed by atoms with Crippen LogP contribution in [0, 0.1) is 0 Å². The summed E-state index contributed by atoms with van der Waals surface area (Å²) in [7, 11) is 2.03. The predicted molar refractivity (Wildman–Crippen MR) is 112 cm³/mol. The van der Waals surface area contributed by atoms with Crippen molar-refractivity contribution in [3.05, 3.63) is 59.9 Å². The lowest BCUT2D eigenvalue weighted by Gasteiger charge is -2.15. The molecule has 0 aliphatic carbocycles. The topological polar surface area (TPSA) is 30.5 Å². The van der Waals surface area contributed by atoms with Crippen molar-refractivity contribution in [2.75, 3.05) is 0 Å². The summed E-state index contributed by atoms with van der Waals surface area (Å²) < 4.78 is 8.51. The third-order valence-corrected chi connectivity index (χ3v) is 5.30. The van der Waals surface area contributed by atoms with Gasteiger partial charge >= 0.3 is 0 Å². The molecule has 3 rings (SSSR count). The van der Waals surface area contributed by atoms with E-state index in [0.717, 1.165) is 6.54 Å². The van der Waals surface area contributed by atoms with Gasteiger partial charge in [0.2, 0.25) is 12.0 Å². The molecule has 0 unspecified atom stereocenters. The molecule has 5 heteroatoms. The molecule has 0 atom stereocenters. The molecule has 0 saturated carbocycles. The quantitative estimate of drug-likeness (QED) is 0.618. The molecular formula is C23H35N5+2. The normalized spacial score (nSPS) is 12.4. The lowest BCUT2D eigenvalue weighted by Crippen LogP contribution is -2.36. The Hall–Kier alpha value is -2.43. The Morgan fingerprint density at radius 1 is 1.04 bits per heavy atom. The smallest absolute Gasteiger partial charge is 0.232 e. The molecule has 0 saturated heterocycles. The number of hydrogen-bond acceptors (Lipinski definition) is 1. The monoisotopic (exact) mass is 381 g/mol. The summed E-state index contributed by atoms with van der Waals surface area (Å²) in [5.74, 6) is 0.892. The Labute approximate surface area is 169 Å². The van der Waals surface area contributed by atoms with Crippen LogP contribution in [0.25, 0.3) is 5.69 Å². The maximum atomic E-state index is 4.83. The van der Waals surface area contributed by atoms with E-state index in [-0.39, 0.29) is 5.54 Å². The van der Waals surface area contributed by atoms with E-state index in [0.29, 0.717) is 11.8 Å². The van der Waals surface area contributed by atoms with Gasteiger partial charge in [-0.15, -0.1) is 9.36 Å². The van der Waals surface area contributed by atoms with Gasteiger partial charge in [-0.1, -0.05) is 45.9 Å². The second-order valence-corrected chi connectivity index (χ2v) is 9.34. The van der Waals surface area contributed by atoms with Gasteiger partial charge in [0.15, 0.2) is 18.4 Å². The molecule has 0 bridgehead atoms. The highest BCUT2D eigenvalue weighted by Crippen LogP contribution is 2.27. The standard InChI is InChI=1S/C23H35N5/c1-17(2)20-10-9-11-21(18(3)4)22(20)28-15-19(25(8)24-28)14-26-12-13-27(16-26)23(5,6)7/h9-13,15-18H,14H2,1-8H3/q+2. The lowest BCUT2D eigenvalue weighted by atomic mass is 9.93. The summed E-state index contributed by atoms with van der Waals surface area (Å²) >= 11 is 0. The fourth-order valence-corrected chi connectivity index (χ4v) is 3.55. The third kappa shape index (κ3) is 4.03. The van der Waals surface area contributed by atoms with Gasteiger partial charge in [0.05, 0.1) is 5.21 Å². The largest absolute Gasteiger partial charge is 0.244 e. The van der Waals surface area contributed by atoms with Crippen LogP contribution in [0.1, 0.15) is 77.1 Å². The first-order valence-electron chi connectivity index (χ1n) is 10.2. The number of imidazole rings is 1. The van der Waals surface area contributed by atoms with E-state index in [1.165, 1.54) is 22.5 Å². The Morgan fingerprint density at radius 3 is 2.14 bits per heavy atom. The van der Waals surface area contributed by atoms with Crippen molar-refractivity contribution in [1.82, 2.24) is 14.5 Å². The van der Waals surface area contributed by atoms with Crippen LogP contribution in [-0.4, -0.2) is 14.5 Å². The van der Waals surface area contributed by atoms with Crippen molar-refractivity contribution in [3.8, 4) is 5.69 Å². The number of aromatic nitrogens is 5. The zero-order valence-corrected chi connectivity index (χ0v) is 18.6. The molecule has 1 aromatic carbocycles. The van der Waals surface area contributed by atoms with E-state index in [2.05, 4.69) is 105 Å². The van der Waals surface area contributed by atoms with Gasteiger partial charge in [0.1, 0.15) is 25.0 Å². The second-order valence-electron chi connectivity index (χ2n) is 9.34. The molecule has 0 spiro atoms. The molecule has 5 nitrogen and oxygen atoms in total. The summed E-state index contributed by atoms with van der Waals surface area (Å²) in [4.78, 5) is 0. The average molecular weight is 382 g/mol. The molecule has 3 aromatic rings. The van der Waals surface area contributed by atoms with E-state index >= 15 is 0 Å². The van der Waals surface area contributed by atoms with Crippen LogP contribution in [0.15, 0.2) is 43.1 Å². The zero-order valence-electron chi connectivity index (χ0n) is 18.6. The number of para-hydroxylation sites is 1. The molecule has 28 heavy (non-hydrogen) atoms. The number of benzene rings is 1. The maximum absolute atomic E-state index is 4.83. The van der Waals surface area contributed by atoms with E-state index in [9.17, 15) is 0 Å². The summed E-state index contributed by atoms with van der Waals surface area (Å²) in [6.45, 7) is 16.4. The molecule has 2 aromatic heterocycles. The van der Waals surface area contributed by atoms with E-state index < -0.39 is 0 Å². The predicted octanol–water partition coefficient (Wildman–Crippen LogP) is 3.84. The third-order valence-electron chi connectivity index (χ3n) is 5.30. The minimum Gasteiger partial charge on any atom is -0.232 e. The fourth-order valence-electron chi connectivity index (χ4n) is 3.55. The highest BCUT2D eigenvalue weighted by molar-refractivity contribution is 5.44. The van der Waals surface area contributed by atoms with Crippen molar-refractivity contribution in [2.24, 2.45) is 7.05 Å². The van der Waals surface area contributed by atoms with Crippen LogP contribution in [0.4, 0.5) is 0 Å². The highest BCUT2D eigenvalue weighted by Gasteiger charge is 2.25. The van der Waals surface area contributed by atoms with Crippen molar-refractivity contribution in [2.45, 2.75) is 72.4 Å². The Bertz CT molecular complexity index is 928. The molecule has 0 radical (unpaired) electrons. The number of rotatable bonds is 5. The summed E-state index contributed by atoms with van der Waals surface area (Å²) in [6.07, 6.45) is 8.60. The maximum Gasteiger partial charge on any atom is 0.244 e. The van der Waals surface area contributed by atoms with Crippen molar-refractivity contribution < 1.29 is 9.25 Å². The Morgan fingerprint density at radius 2 is 1.64 bits per heavy atom. The summed E-state index contributed by atoms with van der Waals surface area (Å²) in [5.41, 5.74) is 5.16. The van der Waals surface area contributed by atoms with Crippen molar-refractivity contribution >= 4 is 0 Å². The average Bonchev–Trinajstić information content (AvgIpc) is 3.21. The first-order chi connectivity index (χ1) is 13.1. The number of hydrogen-bond donors (Lipinski definition) is 0. The lowest BCUT2D eigenvalue weighted by molar-refractivity contribution is -0.690. The molecule has 150 valence electrons. The molecule has 0 fully saturated rings. The fraction of sp³-hybridized carbons (Fsp3) is 0.522. The minimum atomic E-state index is 0.0833. The molecular weight excluding hydrogens is 346 g/mol. The van der Waals surface area contributed by atoms with E-state index in [1.807, 2.05) is 11.7 Å². The van der Waals surface area contributed by atoms with Crippen LogP contribution >= 0.6 is 0 Å². The van der Waals surface area contributed by atoms with Crippen LogP contribution in [0.3, 0.4) is 0 Å². The first kappa shape index (κ1) is 20.3. The van der Waals surface area contributed by atoms with Crippen LogP contribution < -0.4 is 9.25 Å². The first-order valence-corrected chi connectivity index (χ1v) is 10.2. The van der Waals surface area contributed by atoms with E-state index in [1.54, 1.807) is 0 Å². The molecule has 0 N–H and O–H groups in total. The molecule has 0 aliphatic heterocycles. The van der Waals surface area contributed by atoms with Crippen LogP contribution in [-0.2, 0) is 19.1 Å². The number of nitrogens with zero attached hydrogens (tertiary/aromatic N) is 5. The van der Waals surface area contributed by atoms with Gasteiger partial charge < -0.3 is 0 Å². The second kappa shape index (κ2) is 7.53. The minimum absolute atomic E-state index is 0.0833. The summed E-state index contributed by atoms with van der Waals surface area (Å²) in [5, 5.41) is 4.83. The van der Waals surface area contributed by atoms with E-state index in [4.69, 9.17) is 5.21 Å². The molecule has 2 heterocycles. The zero-order chi connectivity index (χ0) is 20.6. The SMILES string of the molecule is CC(C)c1cccc(C(C)C)c1-[n+]1cc(C[n+]2ccn(C(C)(C)C)c2)n(C)n1. The molecule has 0 amide bonds. The highest BCUT2D eigenvalue weighted by atomic mass is 15.5. The van der Waals surface area contributed by atoms with Gasteiger partial charge in [-0.25, -0.2) is 9.13 Å². The van der Waals surface area contributed by atoms with Crippen molar-refractivity contribution in [3.63, 3.8) is 0 Å². The Balaban J connectivity index is 2.00. The summed E-state index contributed by atoms with van der Waals surface area (Å²) in [6, 6.07) is 6.63. The van der Waals surface area contributed by atoms with Crippen LogP contribution in [0.5, 0.6) is 0 Å². The molecule has 0 aliphatic rings.